The number of rotatable bonds is 4. The van der Waals surface area contributed by atoms with Crippen LogP contribution < -0.4 is 5.32 Å². The molecule has 0 saturated carbocycles. The van der Waals surface area contributed by atoms with Crippen molar-refractivity contribution in [2.45, 2.75) is 19.5 Å². The van der Waals surface area contributed by atoms with Crippen LogP contribution in [0.3, 0.4) is 0 Å². The molecule has 0 saturated heterocycles. The van der Waals surface area contributed by atoms with Crippen LogP contribution in [0.1, 0.15) is 24.3 Å². The van der Waals surface area contributed by atoms with Gasteiger partial charge < -0.3 is 9.73 Å². The lowest BCUT2D eigenvalue weighted by atomic mass is 10.0. The summed E-state index contributed by atoms with van der Waals surface area (Å²) in [6.07, 6.45) is 1.71. The number of hydrogen-bond acceptors (Lipinski definition) is 2. The van der Waals surface area contributed by atoms with E-state index in [1.54, 1.807) is 6.26 Å². The molecule has 1 atom stereocenters. The van der Waals surface area contributed by atoms with Gasteiger partial charge in [-0.05, 0) is 35.4 Å². The summed E-state index contributed by atoms with van der Waals surface area (Å²) in [5.41, 5.74) is 1.32. The molecule has 0 fully saturated rings. The Bertz CT molecular complexity index is 653. The second kappa shape index (κ2) is 5.29. The Morgan fingerprint density at radius 2 is 1.84 bits per heavy atom. The number of hydrogen-bond donors (Lipinski definition) is 1. The maximum absolute atomic E-state index is 5.41. The molecule has 1 heterocycles. The van der Waals surface area contributed by atoms with E-state index in [-0.39, 0.29) is 6.04 Å². The summed E-state index contributed by atoms with van der Waals surface area (Å²) in [6.45, 7) is 2.95. The smallest absolute Gasteiger partial charge is 0.120 e. The Kier molecular flexibility index (Phi) is 3.34. The lowest BCUT2D eigenvalue weighted by Gasteiger charge is -2.13. The second-order valence-electron chi connectivity index (χ2n) is 4.76. The van der Waals surface area contributed by atoms with E-state index < -0.39 is 0 Å². The van der Waals surface area contributed by atoms with Crippen LogP contribution in [0.15, 0.2) is 65.3 Å². The number of fused-ring (bicyclic) bond motifs is 1. The molecule has 0 unspecified atom stereocenters. The van der Waals surface area contributed by atoms with E-state index in [2.05, 4.69) is 54.7 Å². The number of benzene rings is 2. The van der Waals surface area contributed by atoms with Crippen LogP contribution in [0, 0.1) is 0 Å². The third-order valence-electron chi connectivity index (χ3n) is 3.45. The Labute approximate surface area is 113 Å². The van der Waals surface area contributed by atoms with Gasteiger partial charge in [0.15, 0.2) is 0 Å². The zero-order valence-electron chi connectivity index (χ0n) is 11.0. The van der Waals surface area contributed by atoms with Gasteiger partial charge in [-0.15, -0.1) is 0 Å². The minimum Gasteiger partial charge on any atom is -0.468 e. The zero-order chi connectivity index (χ0) is 13.1. The lowest BCUT2D eigenvalue weighted by Crippen LogP contribution is -2.17. The first kappa shape index (κ1) is 12.0. The zero-order valence-corrected chi connectivity index (χ0v) is 11.0. The topological polar surface area (TPSA) is 25.2 Å². The highest BCUT2D eigenvalue weighted by atomic mass is 16.3. The first-order valence-corrected chi connectivity index (χ1v) is 6.58. The van der Waals surface area contributed by atoms with Gasteiger partial charge >= 0.3 is 0 Å². The Morgan fingerprint density at radius 1 is 1.00 bits per heavy atom. The highest BCUT2D eigenvalue weighted by Crippen LogP contribution is 2.20. The van der Waals surface area contributed by atoms with Crippen molar-refractivity contribution < 1.29 is 4.42 Å². The summed E-state index contributed by atoms with van der Waals surface area (Å²) >= 11 is 0. The first-order valence-electron chi connectivity index (χ1n) is 6.58. The van der Waals surface area contributed by atoms with Crippen LogP contribution in [-0.2, 0) is 6.54 Å². The Hall–Kier alpha value is -2.06. The van der Waals surface area contributed by atoms with Gasteiger partial charge in [-0.25, -0.2) is 0 Å². The molecule has 0 radical (unpaired) electrons. The SMILES string of the molecule is C[C@@H](NCc1cccc2ccccc12)c1ccco1. The van der Waals surface area contributed by atoms with E-state index in [4.69, 9.17) is 4.42 Å². The monoisotopic (exact) mass is 251 g/mol. The van der Waals surface area contributed by atoms with Crippen LogP contribution in [0.25, 0.3) is 10.8 Å². The van der Waals surface area contributed by atoms with Crippen molar-refractivity contribution in [1.29, 1.82) is 0 Å². The molecule has 0 aliphatic carbocycles. The van der Waals surface area contributed by atoms with Crippen LogP contribution >= 0.6 is 0 Å². The van der Waals surface area contributed by atoms with Gasteiger partial charge in [-0.2, -0.15) is 0 Å². The lowest BCUT2D eigenvalue weighted by molar-refractivity contribution is 0.430. The molecule has 0 bridgehead atoms. The molecular weight excluding hydrogens is 234 g/mol. The predicted molar refractivity (Wildman–Crippen MR) is 77.9 cm³/mol. The summed E-state index contributed by atoms with van der Waals surface area (Å²) < 4.78 is 5.41. The standard InChI is InChI=1S/C17H17NO/c1-13(17-10-5-11-19-17)18-12-15-8-4-7-14-6-2-3-9-16(14)15/h2-11,13,18H,12H2,1H3/t13-/m1/s1. The van der Waals surface area contributed by atoms with Crippen molar-refractivity contribution in [2.24, 2.45) is 0 Å². The average Bonchev–Trinajstić information content (AvgIpc) is 2.99. The first-order chi connectivity index (χ1) is 9.34. The van der Waals surface area contributed by atoms with Gasteiger partial charge in [0.2, 0.25) is 0 Å². The van der Waals surface area contributed by atoms with E-state index in [1.165, 1.54) is 16.3 Å². The molecule has 2 heteroatoms. The maximum atomic E-state index is 5.41. The average molecular weight is 251 g/mol. The van der Waals surface area contributed by atoms with Crippen molar-refractivity contribution in [1.82, 2.24) is 5.32 Å². The third kappa shape index (κ3) is 2.54. The minimum absolute atomic E-state index is 0.217. The normalized spacial score (nSPS) is 12.7. The fourth-order valence-electron chi connectivity index (χ4n) is 2.35. The molecule has 0 aliphatic rings. The van der Waals surface area contributed by atoms with Crippen molar-refractivity contribution >= 4 is 10.8 Å². The molecule has 19 heavy (non-hydrogen) atoms. The van der Waals surface area contributed by atoms with Crippen LogP contribution in [0.5, 0.6) is 0 Å². The number of nitrogens with one attached hydrogen (secondary N) is 1. The molecule has 2 nitrogen and oxygen atoms in total. The van der Waals surface area contributed by atoms with Crippen LogP contribution in [-0.4, -0.2) is 0 Å². The molecular formula is C17H17NO. The van der Waals surface area contributed by atoms with Crippen molar-refractivity contribution in [3.8, 4) is 0 Å². The Balaban J connectivity index is 1.79. The highest BCUT2D eigenvalue weighted by molar-refractivity contribution is 5.85. The summed E-state index contributed by atoms with van der Waals surface area (Å²) in [5, 5.41) is 6.09. The highest BCUT2D eigenvalue weighted by Gasteiger charge is 2.08. The van der Waals surface area contributed by atoms with E-state index in [0.29, 0.717) is 0 Å². The summed E-state index contributed by atoms with van der Waals surface area (Å²) in [7, 11) is 0. The van der Waals surface area contributed by atoms with Gasteiger partial charge in [-0.3, -0.25) is 0 Å². The molecule has 96 valence electrons. The van der Waals surface area contributed by atoms with Crippen molar-refractivity contribution in [3.63, 3.8) is 0 Å². The second-order valence-corrected chi connectivity index (χ2v) is 4.76. The fourth-order valence-corrected chi connectivity index (χ4v) is 2.35. The molecule has 1 aromatic heterocycles. The summed E-state index contributed by atoms with van der Waals surface area (Å²) in [5.74, 6) is 0.972. The van der Waals surface area contributed by atoms with Crippen LogP contribution in [0.2, 0.25) is 0 Å². The largest absolute Gasteiger partial charge is 0.468 e. The molecule has 2 aromatic carbocycles. The van der Waals surface area contributed by atoms with E-state index >= 15 is 0 Å². The molecule has 0 spiro atoms. The summed E-state index contributed by atoms with van der Waals surface area (Å²) in [4.78, 5) is 0. The van der Waals surface area contributed by atoms with Crippen molar-refractivity contribution in [2.75, 3.05) is 0 Å². The number of furan rings is 1. The van der Waals surface area contributed by atoms with E-state index in [9.17, 15) is 0 Å². The van der Waals surface area contributed by atoms with E-state index in [1.807, 2.05) is 12.1 Å². The molecule has 3 aromatic rings. The van der Waals surface area contributed by atoms with Gasteiger partial charge in [-0.1, -0.05) is 42.5 Å². The molecule has 3 rings (SSSR count). The summed E-state index contributed by atoms with van der Waals surface area (Å²) in [6, 6.07) is 19.0. The van der Waals surface area contributed by atoms with Gasteiger partial charge in [0, 0.05) is 6.54 Å². The molecule has 0 aliphatic heterocycles. The minimum atomic E-state index is 0.217. The van der Waals surface area contributed by atoms with Gasteiger partial charge in [0.1, 0.15) is 5.76 Å². The molecule has 1 N–H and O–H groups in total. The molecule has 0 amide bonds. The van der Waals surface area contributed by atoms with Crippen molar-refractivity contribution in [3.05, 3.63) is 72.2 Å². The fraction of sp³-hybridized carbons (Fsp3) is 0.176. The van der Waals surface area contributed by atoms with Gasteiger partial charge in [0.25, 0.3) is 0 Å². The quantitative estimate of drug-likeness (QED) is 0.748. The maximum Gasteiger partial charge on any atom is 0.120 e. The van der Waals surface area contributed by atoms with E-state index in [0.717, 1.165) is 12.3 Å². The Morgan fingerprint density at radius 3 is 2.68 bits per heavy atom. The van der Waals surface area contributed by atoms with Crippen LogP contribution in [0.4, 0.5) is 0 Å². The van der Waals surface area contributed by atoms with Gasteiger partial charge in [0.05, 0.1) is 12.3 Å². The predicted octanol–water partition coefficient (Wildman–Crippen LogP) is 4.28. The third-order valence-corrected chi connectivity index (χ3v) is 3.45.